The summed E-state index contributed by atoms with van der Waals surface area (Å²) in [5.41, 5.74) is 1.40. The van der Waals surface area contributed by atoms with Gasteiger partial charge in [-0.15, -0.1) is 10.2 Å². The molecule has 0 radical (unpaired) electrons. The van der Waals surface area contributed by atoms with Crippen LogP contribution < -0.4 is 5.32 Å². The molecule has 0 aliphatic carbocycles. The number of carbonyl (C=O) groups excluding carboxylic acids is 1. The van der Waals surface area contributed by atoms with Gasteiger partial charge >= 0.3 is 11.8 Å². The standard InChI is InChI=1S/C17H14FN3O2/c18-14-9-5-4-8-13(14)11-19-16(22)17-21-20-15(23-17)10-12-6-2-1-3-7-12/h1-9H,10-11H2,(H,19,22). The number of nitrogens with zero attached hydrogens (tertiary/aromatic N) is 2. The minimum absolute atomic E-state index is 0.0574. The first-order valence-corrected chi connectivity index (χ1v) is 7.10. The van der Waals surface area contributed by atoms with Crippen LogP contribution in [0.2, 0.25) is 0 Å². The van der Waals surface area contributed by atoms with Crippen molar-refractivity contribution in [3.63, 3.8) is 0 Å². The Bertz CT molecular complexity index is 802. The maximum atomic E-state index is 13.5. The summed E-state index contributed by atoms with van der Waals surface area (Å²) in [4.78, 5) is 12.0. The van der Waals surface area contributed by atoms with Crippen LogP contribution >= 0.6 is 0 Å². The van der Waals surface area contributed by atoms with Gasteiger partial charge in [0.25, 0.3) is 0 Å². The molecule has 0 atom stereocenters. The molecule has 0 bridgehead atoms. The van der Waals surface area contributed by atoms with E-state index in [1.54, 1.807) is 18.2 Å². The minimum Gasteiger partial charge on any atom is -0.417 e. The maximum Gasteiger partial charge on any atom is 0.309 e. The maximum absolute atomic E-state index is 13.5. The zero-order valence-electron chi connectivity index (χ0n) is 12.2. The van der Waals surface area contributed by atoms with Gasteiger partial charge in [0.05, 0.1) is 6.42 Å². The van der Waals surface area contributed by atoms with Crippen molar-refractivity contribution in [2.45, 2.75) is 13.0 Å². The van der Waals surface area contributed by atoms with Gasteiger partial charge in [-0.1, -0.05) is 48.5 Å². The Morgan fingerprint density at radius 1 is 1.04 bits per heavy atom. The van der Waals surface area contributed by atoms with Gasteiger partial charge in [0.1, 0.15) is 5.82 Å². The van der Waals surface area contributed by atoms with Gasteiger partial charge in [-0.05, 0) is 11.6 Å². The first kappa shape index (κ1) is 14.9. The van der Waals surface area contributed by atoms with Gasteiger partial charge in [0, 0.05) is 12.1 Å². The number of nitrogens with one attached hydrogen (secondary N) is 1. The smallest absolute Gasteiger partial charge is 0.309 e. The second-order valence-electron chi connectivity index (χ2n) is 4.94. The SMILES string of the molecule is O=C(NCc1ccccc1F)c1nnc(Cc2ccccc2)o1. The Morgan fingerprint density at radius 2 is 1.78 bits per heavy atom. The van der Waals surface area contributed by atoms with E-state index >= 15 is 0 Å². The van der Waals surface area contributed by atoms with E-state index in [9.17, 15) is 9.18 Å². The Balaban J connectivity index is 1.61. The highest BCUT2D eigenvalue weighted by Crippen LogP contribution is 2.09. The highest BCUT2D eigenvalue weighted by Gasteiger charge is 2.15. The number of hydrogen-bond acceptors (Lipinski definition) is 4. The van der Waals surface area contributed by atoms with E-state index in [2.05, 4.69) is 15.5 Å². The summed E-state index contributed by atoms with van der Waals surface area (Å²) >= 11 is 0. The third-order valence-electron chi connectivity index (χ3n) is 3.26. The summed E-state index contributed by atoms with van der Waals surface area (Å²) < 4.78 is 18.8. The summed E-state index contributed by atoms with van der Waals surface area (Å²) in [5.74, 6) is -0.678. The average molecular weight is 311 g/mol. The van der Waals surface area contributed by atoms with Gasteiger partial charge < -0.3 is 9.73 Å². The van der Waals surface area contributed by atoms with Crippen molar-refractivity contribution in [3.05, 3.63) is 83.3 Å². The van der Waals surface area contributed by atoms with E-state index in [4.69, 9.17) is 4.42 Å². The Morgan fingerprint density at radius 3 is 2.57 bits per heavy atom. The van der Waals surface area contributed by atoms with E-state index in [0.717, 1.165) is 5.56 Å². The highest BCUT2D eigenvalue weighted by molar-refractivity contribution is 5.89. The van der Waals surface area contributed by atoms with Crippen LogP contribution in [-0.2, 0) is 13.0 Å². The lowest BCUT2D eigenvalue weighted by atomic mass is 10.2. The largest absolute Gasteiger partial charge is 0.417 e. The molecule has 1 N–H and O–H groups in total. The molecule has 116 valence electrons. The molecule has 2 aromatic carbocycles. The summed E-state index contributed by atoms with van der Waals surface area (Å²) in [6.45, 7) is 0.0574. The van der Waals surface area contributed by atoms with E-state index < -0.39 is 5.91 Å². The first-order valence-electron chi connectivity index (χ1n) is 7.10. The zero-order valence-corrected chi connectivity index (χ0v) is 12.2. The van der Waals surface area contributed by atoms with Crippen LogP contribution in [0.1, 0.15) is 27.7 Å². The Hall–Kier alpha value is -3.02. The van der Waals surface area contributed by atoms with E-state index in [0.29, 0.717) is 17.9 Å². The Labute approximate surface area is 132 Å². The third-order valence-corrected chi connectivity index (χ3v) is 3.26. The quantitative estimate of drug-likeness (QED) is 0.786. The van der Waals surface area contributed by atoms with Crippen molar-refractivity contribution in [2.24, 2.45) is 0 Å². The van der Waals surface area contributed by atoms with Crippen molar-refractivity contribution in [1.29, 1.82) is 0 Å². The molecule has 0 aliphatic rings. The van der Waals surface area contributed by atoms with Gasteiger partial charge in [0.15, 0.2) is 0 Å². The average Bonchev–Trinajstić information content (AvgIpc) is 3.03. The lowest BCUT2D eigenvalue weighted by Crippen LogP contribution is -2.23. The molecule has 0 unspecified atom stereocenters. The zero-order chi connectivity index (χ0) is 16.1. The molecule has 0 saturated carbocycles. The van der Waals surface area contributed by atoms with Crippen molar-refractivity contribution >= 4 is 5.91 Å². The normalized spacial score (nSPS) is 10.5. The molecular formula is C17H14FN3O2. The summed E-state index contributed by atoms with van der Waals surface area (Å²) in [5, 5.41) is 10.1. The van der Waals surface area contributed by atoms with E-state index in [-0.39, 0.29) is 18.3 Å². The molecule has 0 fully saturated rings. The predicted octanol–water partition coefficient (Wildman–Crippen LogP) is 2.73. The molecule has 6 heteroatoms. The number of rotatable bonds is 5. The summed E-state index contributed by atoms with van der Waals surface area (Å²) in [6.07, 6.45) is 0.453. The molecular weight excluding hydrogens is 297 g/mol. The van der Waals surface area contributed by atoms with Crippen LogP contribution in [0.4, 0.5) is 4.39 Å². The fraction of sp³-hybridized carbons (Fsp3) is 0.118. The molecule has 1 amide bonds. The fourth-order valence-corrected chi connectivity index (χ4v) is 2.08. The number of aromatic nitrogens is 2. The van der Waals surface area contributed by atoms with Crippen LogP contribution in [0.15, 0.2) is 59.0 Å². The number of amides is 1. The molecule has 23 heavy (non-hydrogen) atoms. The minimum atomic E-state index is -0.528. The number of carbonyl (C=O) groups is 1. The third kappa shape index (κ3) is 3.79. The summed E-state index contributed by atoms with van der Waals surface area (Å²) in [6, 6.07) is 15.8. The van der Waals surface area contributed by atoms with Gasteiger partial charge in [-0.25, -0.2) is 4.39 Å². The number of benzene rings is 2. The van der Waals surface area contributed by atoms with Crippen molar-refractivity contribution in [3.8, 4) is 0 Å². The second-order valence-corrected chi connectivity index (χ2v) is 4.94. The van der Waals surface area contributed by atoms with Crippen molar-refractivity contribution < 1.29 is 13.6 Å². The van der Waals surface area contributed by atoms with Crippen molar-refractivity contribution in [2.75, 3.05) is 0 Å². The Kier molecular flexibility index (Phi) is 4.42. The molecule has 1 heterocycles. The fourth-order valence-electron chi connectivity index (χ4n) is 2.08. The molecule has 0 aliphatic heterocycles. The molecule has 5 nitrogen and oxygen atoms in total. The van der Waals surface area contributed by atoms with Crippen molar-refractivity contribution in [1.82, 2.24) is 15.5 Å². The molecule has 1 aromatic heterocycles. The molecule has 0 saturated heterocycles. The van der Waals surface area contributed by atoms with Crippen LogP contribution in [0, 0.1) is 5.82 Å². The molecule has 0 spiro atoms. The molecule has 3 aromatic rings. The number of hydrogen-bond donors (Lipinski definition) is 1. The lowest BCUT2D eigenvalue weighted by Gasteiger charge is -2.03. The van der Waals surface area contributed by atoms with Crippen LogP contribution in [0.5, 0.6) is 0 Å². The first-order chi connectivity index (χ1) is 11.2. The van der Waals surface area contributed by atoms with Gasteiger partial charge in [0.2, 0.25) is 5.89 Å². The van der Waals surface area contributed by atoms with Crippen LogP contribution in [0.25, 0.3) is 0 Å². The second kappa shape index (κ2) is 6.83. The highest BCUT2D eigenvalue weighted by atomic mass is 19.1. The number of halogens is 1. The lowest BCUT2D eigenvalue weighted by molar-refractivity contribution is 0.0914. The predicted molar refractivity (Wildman–Crippen MR) is 81.1 cm³/mol. The topological polar surface area (TPSA) is 68.0 Å². The van der Waals surface area contributed by atoms with E-state index in [1.807, 2.05) is 30.3 Å². The van der Waals surface area contributed by atoms with Gasteiger partial charge in [-0.3, -0.25) is 4.79 Å². The van der Waals surface area contributed by atoms with E-state index in [1.165, 1.54) is 6.07 Å². The summed E-state index contributed by atoms with van der Waals surface area (Å²) in [7, 11) is 0. The molecule has 3 rings (SSSR count). The van der Waals surface area contributed by atoms with Gasteiger partial charge in [-0.2, -0.15) is 0 Å². The van der Waals surface area contributed by atoms with Crippen LogP contribution in [-0.4, -0.2) is 16.1 Å². The monoisotopic (exact) mass is 311 g/mol. The van der Waals surface area contributed by atoms with Crippen LogP contribution in [0.3, 0.4) is 0 Å².